The SMILES string of the molecule is O=C(NCc1ccccc1C#CCO)c1ccc[nH]c1=O. The molecular weight excluding hydrogens is 268 g/mol. The van der Waals surface area contributed by atoms with Gasteiger partial charge < -0.3 is 15.4 Å². The fourth-order valence-electron chi connectivity index (χ4n) is 1.80. The van der Waals surface area contributed by atoms with Crippen LogP contribution in [0, 0.1) is 11.8 Å². The van der Waals surface area contributed by atoms with Crippen LogP contribution in [0.1, 0.15) is 21.5 Å². The van der Waals surface area contributed by atoms with Crippen LogP contribution in [0.2, 0.25) is 0 Å². The summed E-state index contributed by atoms with van der Waals surface area (Å²) >= 11 is 0. The van der Waals surface area contributed by atoms with E-state index in [1.54, 1.807) is 12.1 Å². The third-order valence-electron chi connectivity index (χ3n) is 2.82. The average molecular weight is 282 g/mol. The van der Waals surface area contributed by atoms with Crippen LogP contribution >= 0.6 is 0 Å². The number of carbonyl (C=O) groups excluding carboxylic acids is 1. The second-order valence-corrected chi connectivity index (χ2v) is 4.21. The van der Waals surface area contributed by atoms with Crippen LogP contribution in [-0.2, 0) is 6.54 Å². The lowest BCUT2D eigenvalue weighted by atomic mass is 10.1. The number of aliphatic hydroxyl groups is 1. The molecule has 5 nitrogen and oxygen atoms in total. The fourth-order valence-corrected chi connectivity index (χ4v) is 1.80. The monoisotopic (exact) mass is 282 g/mol. The smallest absolute Gasteiger partial charge is 0.260 e. The predicted octanol–water partition coefficient (Wildman–Crippen LogP) is 0.649. The van der Waals surface area contributed by atoms with E-state index in [0.717, 1.165) is 11.1 Å². The molecule has 0 fully saturated rings. The number of hydrogen-bond donors (Lipinski definition) is 3. The Labute approximate surface area is 121 Å². The summed E-state index contributed by atoms with van der Waals surface area (Å²) in [5, 5.41) is 11.4. The number of aromatic nitrogens is 1. The summed E-state index contributed by atoms with van der Waals surface area (Å²) in [5.41, 5.74) is 1.19. The molecule has 1 aromatic heterocycles. The Hall–Kier alpha value is -2.84. The molecule has 0 bridgehead atoms. The Balaban J connectivity index is 2.12. The molecule has 0 saturated heterocycles. The van der Waals surface area contributed by atoms with Crippen molar-refractivity contribution < 1.29 is 9.90 Å². The number of pyridine rings is 1. The van der Waals surface area contributed by atoms with E-state index in [1.165, 1.54) is 12.3 Å². The number of hydrogen-bond acceptors (Lipinski definition) is 3. The summed E-state index contributed by atoms with van der Waals surface area (Å²) < 4.78 is 0. The molecule has 3 N–H and O–H groups in total. The second kappa shape index (κ2) is 7.08. The van der Waals surface area contributed by atoms with E-state index in [9.17, 15) is 9.59 Å². The highest BCUT2D eigenvalue weighted by molar-refractivity contribution is 5.93. The molecule has 1 heterocycles. The van der Waals surface area contributed by atoms with Crippen molar-refractivity contribution in [2.75, 3.05) is 6.61 Å². The van der Waals surface area contributed by atoms with Gasteiger partial charge in [-0.05, 0) is 23.8 Å². The maximum absolute atomic E-state index is 12.0. The van der Waals surface area contributed by atoms with Crippen molar-refractivity contribution in [2.24, 2.45) is 0 Å². The lowest BCUT2D eigenvalue weighted by Gasteiger charge is -2.06. The molecule has 0 aliphatic rings. The van der Waals surface area contributed by atoms with Crippen LogP contribution in [0.25, 0.3) is 0 Å². The number of aromatic amines is 1. The summed E-state index contributed by atoms with van der Waals surface area (Å²) in [7, 11) is 0. The molecule has 2 rings (SSSR count). The minimum Gasteiger partial charge on any atom is -0.384 e. The molecule has 1 aromatic carbocycles. The van der Waals surface area contributed by atoms with E-state index >= 15 is 0 Å². The summed E-state index contributed by atoms with van der Waals surface area (Å²) in [5.74, 6) is 4.95. The lowest BCUT2D eigenvalue weighted by molar-refractivity contribution is 0.0949. The first-order chi connectivity index (χ1) is 10.2. The van der Waals surface area contributed by atoms with E-state index < -0.39 is 11.5 Å². The quantitative estimate of drug-likeness (QED) is 0.723. The average Bonchev–Trinajstić information content (AvgIpc) is 2.52. The zero-order valence-corrected chi connectivity index (χ0v) is 11.2. The minimum absolute atomic E-state index is 0.0661. The molecule has 106 valence electrons. The molecule has 0 unspecified atom stereocenters. The van der Waals surface area contributed by atoms with E-state index in [1.807, 2.05) is 18.2 Å². The highest BCUT2D eigenvalue weighted by Gasteiger charge is 2.09. The van der Waals surface area contributed by atoms with Gasteiger partial charge in [0.1, 0.15) is 12.2 Å². The van der Waals surface area contributed by atoms with E-state index in [0.29, 0.717) is 0 Å². The zero-order valence-electron chi connectivity index (χ0n) is 11.2. The maximum Gasteiger partial charge on any atom is 0.260 e. The number of H-pyrrole nitrogens is 1. The third kappa shape index (κ3) is 3.81. The summed E-state index contributed by atoms with van der Waals surface area (Å²) in [6.45, 7) is 0.0313. The molecule has 5 heteroatoms. The van der Waals surface area contributed by atoms with Crippen LogP contribution in [-0.4, -0.2) is 22.6 Å². The summed E-state index contributed by atoms with van der Waals surface area (Å²) in [6, 6.07) is 10.4. The standard InChI is InChI=1S/C16H14N2O3/c19-10-4-7-12-5-1-2-6-13(12)11-18-16(21)14-8-3-9-17-15(14)20/h1-3,5-6,8-9,19H,10-11H2,(H,17,20)(H,18,21). The molecule has 0 radical (unpaired) electrons. The van der Waals surface area contributed by atoms with Gasteiger partial charge in [0.05, 0.1) is 0 Å². The molecule has 0 spiro atoms. The Bertz CT molecular complexity index is 754. The number of rotatable bonds is 3. The number of amides is 1. The normalized spacial score (nSPS) is 9.57. The zero-order chi connectivity index (χ0) is 15.1. The molecule has 0 aliphatic heterocycles. The van der Waals surface area contributed by atoms with Crippen LogP contribution in [0.4, 0.5) is 0 Å². The van der Waals surface area contributed by atoms with Crippen molar-refractivity contribution in [1.82, 2.24) is 10.3 Å². The van der Waals surface area contributed by atoms with E-state index in [4.69, 9.17) is 5.11 Å². The van der Waals surface area contributed by atoms with Gasteiger partial charge in [-0.25, -0.2) is 0 Å². The first-order valence-corrected chi connectivity index (χ1v) is 6.36. The van der Waals surface area contributed by atoms with Crippen LogP contribution in [0.3, 0.4) is 0 Å². The van der Waals surface area contributed by atoms with E-state index in [2.05, 4.69) is 22.1 Å². The maximum atomic E-state index is 12.0. The van der Waals surface area contributed by atoms with Gasteiger partial charge in [0.25, 0.3) is 11.5 Å². The van der Waals surface area contributed by atoms with Crippen molar-refractivity contribution in [2.45, 2.75) is 6.54 Å². The third-order valence-corrected chi connectivity index (χ3v) is 2.82. The van der Waals surface area contributed by atoms with Crippen molar-refractivity contribution >= 4 is 5.91 Å². The van der Waals surface area contributed by atoms with Crippen LogP contribution in [0.15, 0.2) is 47.4 Å². The minimum atomic E-state index is -0.443. The molecular formula is C16H14N2O3. The molecule has 21 heavy (non-hydrogen) atoms. The van der Waals surface area contributed by atoms with Gasteiger partial charge in [-0.2, -0.15) is 0 Å². The summed E-state index contributed by atoms with van der Waals surface area (Å²) in [6.07, 6.45) is 1.47. The second-order valence-electron chi connectivity index (χ2n) is 4.21. The summed E-state index contributed by atoms with van der Waals surface area (Å²) in [4.78, 5) is 25.9. The Morgan fingerprint density at radius 2 is 2.05 bits per heavy atom. The van der Waals surface area contributed by atoms with Gasteiger partial charge in [0, 0.05) is 18.3 Å². The van der Waals surface area contributed by atoms with E-state index in [-0.39, 0.29) is 18.7 Å². The fraction of sp³-hybridized carbons (Fsp3) is 0.125. The Kier molecular flexibility index (Phi) is 4.91. The highest BCUT2D eigenvalue weighted by Crippen LogP contribution is 2.07. The van der Waals surface area contributed by atoms with Crippen molar-refractivity contribution in [1.29, 1.82) is 0 Å². The van der Waals surface area contributed by atoms with Crippen LogP contribution < -0.4 is 10.9 Å². The topological polar surface area (TPSA) is 82.2 Å². The van der Waals surface area contributed by atoms with Gasteiger partial charge in [-0.3, -0.25) is 9.59 Å². The van der Waals surface area contributed by atoms with Crippen molar-refractivity contribution in [3.05, 3.63) is 69.6 Å². The predicted molar refractivity (Wildman–Crippen MR) is 78.6 cm³/mol. The number of carbonyl (C=O) groups is 1. The Morgan fingerprint density at radius 1 is 1.24 bits per heavy atom. The number of nitrogens with one attached hydrogen (secondary N) is 2. The molecule has 1 amide bonds. The highest BCUT2D eigenvalue weighted by atomic mass is 16.2. The van der Waals surface area contributed by atoms with Gasteiger partial charge >= 0.3 is 0 Å². The molecule has 0 atom stereocenters. The first-order valence-electron chi connectivity index (χ1n) is 6.36. The van der Waals surface area contributed by atoms with Gasteiger partial charge in [-0.1, -0.05) is 30.0 Å². The van der Waals surface area contributed by atoms with Gasteiger partial charge in [-0.15, -0.1) is 0 Å². The lowest BCUT2D eigenvalue weighted by Crippen LogP contribution is -2.29. The van der Waals surface area contributed by atoms with Crippen molar-refractivity contribution in [3.8, 4) is 11.8 Å². The van der Waals surface area contributed by atoms with Gasteiger partial charge in [0.2, 0.25) is 0 Å². The molecule has 0 aliphatic carbocycles. The van der Waals surface area contributed by atoms with Crippen molar-refractivity contribution in [3.63, 3.8) is 0 Å². The number of benzene rings is 1. The number of aliphatic hydroxyl groups excluding tert-OH is 1. The molecule has 2 aromatic rings. The Morgan fingerprint density at radius 3 is 2.81 bits per heavy atom. The van der Waals surface area contributed by atoms with Gasteiger partial charge in [0.15, 0.2) is 0 Å². The van der Waals surface area contributed by atoms with Crippen LogP contribution in [0.5, 0.6) is 0 Å². The largest absolute Gasteiger partial charge is 0.384 e. The molecule has 0 saturated carbocycles. The first kappa shape index (κ1) is 14.6.